The van der Waals surface area contributed by atoms with E-state index < -0.39 is 21.4 Å². The number of unbranched alkanes of at least 4 members (excludes halogenated alkanes) is 3. The predicted molar refractivity (Wildman–Crippen MR) is 124 cm³/mol. The molecule has 1 aromatic carbocycles. The van der Waals surface area contributed by atoms with E-state index in [2.05, 4.69) is 11.1 Å². The standard InChI is InChI=1S/C17H25F3O5S.C6H12O2/c1-5-6-7-8-9-12(2)13-10-11-14(23-3)16(15(13)24-4)25-26(21,22)17(18,19)20;1-5(7)8-6(2,3)4/h10-12H,5-9H2,1-4H3;1-4H3. The SMILES string of the molecule is CC(=O)OC(C)(C)C.CCCCCCC(C)c1ccc(OC)c(OS(=O)(=O)C(F)(F)F)c1OC. The van der Waals surface area contributed by atoms with Crippen molar-refractivity contribution in [1.82, 2.24) is 0 Å². The minimum absolute atomic E-state index is 0.0522. The average molecular weight is 515 g/mol. The summed E-state index contributed by atoms with van der Waals surface area (Å²) < 4.78 is 80.2. The number of ether oxygens (including phenoxy) is 3. The van der Waals surface area contributed by atoms with Crippen molar-refractivity contribution < 1.29 is 44.8 Å². The first-order chi connectivity index (χ1) is 15.5. The van der Waals surface area contributed by atoms with Crippen LogP contribution in [0.1, 0.15) is 85.1 Å². The van der Waals surface area contributed by atoms with E-state index in [1.165, 1.54) is 27.2 Å². The summed E-state index contributed by atoms with van der Waals surface area (Å²) in [7, 11) is -3.39. The molecule has 0 fully saturated rings. The molecule has 0 aliphatic rings. The van der Waals surface area contributed by atoms with Crippen LogP contribution in [0.3, 0.4) is 0 Å². The molecule has 1 atom stereocenters. The van der Waals surface area contributed by atoms with Gasteiger partial charge in [0, 0.05) is 12.5 Å². The van der Waals surface area contributed by atoms with Crippen molar-refractivity contribution in [3.8, 4) is 17.2 Å². The average Bonchev–Trinajstić information content (AvgIpc) is 2.68. The molecule has 11 heteroatoms. The van der Waals surface area contributed by atoms with Crippen molar-refractivity contribution in [2.45, 2.75) is 90.7 Å². The number of esters is 1. The first-order valence-corrected chi connectivity index (χ1v) is 12.4. The molecule has 1 rings (SSSR count). The molecule has 0 N–H and O–H groups in total. The summed E-state index contributed by atoms with van der Waals surface area (Å²) in [5, 5.41) is 0. The van der Waals surface area contributed by atoms with Crippen molar-refractivity contribution >= 4 is 16.1 Å². The van der Waals surface area contributed by atoms with Crippen molar-refractivity contribution in [2.24, 2.45) is 0 Å². The highest BCUT2D eigenvalue weighted by Gasteiger charge is 2.49. The number of hydrogen-bond donors (Lipinski definition) is 0. The van der Waals surface area contributed by atoms with Gasteiger partial charge in [-0.15, -0.1) is 0 Å². The van der Waals surface area contributed by atoms with Crippen LogP contribution in [-0.2, 0) is 19.6 Å². The summed E-state index contributed by atoms with van der Waals surface area (Å²) in [6.07, 6.45) is 4.97. The van der Waals surface area contributed by atoms with Crippen LogP contribution in [0, 0.1) is 0 Å². The summed E-state index contributed by atoms with van der Waals surface area (Å²) in [5.74, 6) is -1.09. The monoisotopic (exact) mass is 514 g/mol. The molecule has 0 aromatic heterocycles. The number of halogens is 3. The Hall–Kier alpha value is -2.17. The number of hydrogen-bond acceptors (Lipinski definition) is 7. The summed E-state index contributed by atoms with van der Waals surface area (Å²) in [5.41, 5.74) is -5.31. The molecule has 0 saturated carbocycles. The quantitative estimate of drug-likeness (QED) is 0.155. The molecule has 0 heterocycles. The summed E-state index contributed by atoms with van der Waals surface area (Å²) in [4.78, 5) is 10.2. The van der Waals surface area contributed by atoms with Crippen molar-refractivity contribution in [1.29, 1.82) is 0 Å². The molecule has 0 saturated heterocycles. The molecular weight excluding hydrogens is 477 g/mol. The van der Waals surface area contributed by atoms with E-state index in [0.717, 1.165) is 32.1 Å². The van der Waals surface area contributed by atoms with Gasteiger partial charge in [-0.3, -0.25) is 4.79 Å². The Bertz CT molecular complexity index is 876. The topological polar surface area (TPSA) is 88.1 Å². The number of carbonyl (C=O) groups is 1. The minimum atomic E-state index is -5.84. The third-order valence-corrected chi connectivity index (χ3v) is 5.43. The Morgan fingerprint density at radius 1 is 1.00 bits per heavy atom. The number of methoxy groups -OCH3 is 2. The first-order valence-electron chi connectivity index (χ1n) is 11.0. The van der Waals surface area contributed by atoms with Crippen LogP contribution in [-0.4, -0.2) is 39.7 Å². The molecule has 34 heavy (non-hydrogen) atoms. The van der Waals surface area contributed by atoms with E-state index in [1.807, 2.05) is 27.7 Å². The maximum Gasteiger partial charge on any atom is 0.534 e. The van der Waals surface area contributed by atoms with E-state index in [9.17, 15) is 26.4 Å². The van der Waals surface area contributed by atoms with Crippen molar-refractivity contribution in [3.05, 3.63) is 17.7 Å². The number of carbonyl (C=O) groups excluding carboxylic acids is 1. The Kier molecular flexibility index (Phi) is 12.8. The Morgan fingerprint density at radius 3 is 1.97 bits per heavy atom. The smallest absolute Gasteiger partial charge is 0.493 e. The summed E-state index contributed by atoms with van der Waals surface area (Å²) >= 11 is 0. The number of rotatable bonds is 10. The second kappa shape index (κ2) is 13.7. The van der Waals surface area contributed by atoms with Crippen LogP contribution < -0.4 is 13.7 Å². The number of benzene rings is 1. The van der Waals surface area contributed by atoms with Crippen molar-refractivity contribution in [2.75, 3.05) is 14.2 Å². The molecule has 0 radical (unpaired) electrons. The van der Waals surface area contributed by atoms with Gasteiger partial charge in [0.25, 0.3) is 0 Å². The van der Waals surface area contributed by atoms with Gasteiger partial charge in [-0.2, -0.15) is 21.6 Å². The molecule has 0 amide bonds. The van der Waals surface area contributed by atoms with E-state index in [-0.39, 0.29) is 29.0 Å². The zero-order chi connectivity index (χ0) is 26.7. The summed E-state index contributed by atoms with van der Waals surface area (Å²) in [6.45, 7) is 10.9. The molecule has 0 aliphatic heterocycles. The number of alkyl halides is 3. The molecule has 1 aromatic rings. The zero-order valence-corrected chi connectivity index (χ0v) is 22.0. The minimum Gasteiger partial charge on any atom is -0.493 e. The Labute approximate surface area is 201 Å². The fourth-order valence-corrected chi connectivity index (χ4v) is 3.49. The molecule has 0 aliphatic carbocycles. The van der Waals surface area contributed by atoms with Gasteiger partial charge >= 0.3 is 21.6 Å². The maximum absolute atomic E-state index is 12.7. The van der Waals surface area contributed by atoms with E-state index in [0.29, 0.717) is 5.56 Å². The van der Waals surface area contributed by atoms with Gasteiger partial charge in [0.2, 0.25) is 5.75 Å². The zero-order valence-electron chi connectivity index (χ0n) is 21.2. The van der Waals surface area contributed by atoms with E-state index in [1.54, 1.807) is 6.07 Å². The van der Waals surface area contributed by atoms with Gasteiger partial charge in [0.1, 0.15) is 5.60 Å². The Balaban J connectivity index is 0.00000116. The van der Waals surface area contributed by atoms with Crippen LogP contribution >= 0.6 is 0 Å². The predicted octanol–water partition coefficient (Wildman–Crippen LogP) is 6.35. The normalized spacial score (nSPS) is 12.8. The lowest BCUT2D eigenvalue weighted by molar-refractivity contribution is -0.151. The fraction of sp³-hybridized carbons (Fsp3) is 0.696. The van der Waals surface area contributed by atoms with Crippen LogP contribution in [0.4, 0.5) is 13.2 Å². The largest absolute Gasteiger partial charge is 0.534 e. The van der Waals surface area contributed by atoms with Crippen LogP contribution in [0.15, 0.2) is 12.1 Å². The fourth-order valence-electron chi connectivity index (χ4n) is 3.02. The van der Waals surface area contributed by atoms with E-state index >= 15 is 0 Å². The molecule has 7 nitrogen and oxygen atoms in total. The third kappa shape index (κ3) is 10.8. The lowest BCUT2D eigenvalue weighted by atomic mass is 9.93. The van der Waals surface area contributed by atoms with Crippen LogP contribution in [0.25, 0.3) is 0 Å². The Morgan fingerprint density at radius 2 is 1.59 bits per heavy atom. The van der Waals surface area contributed by atoms with Gasteiger partial charge < -0.3 is 18.4 Å². The van der Waals surface area contributed by atoms with Crippen LogP contribution in [0.2, 0.25) is 0 Å². The molecule has 198 valence electrons. The van der Waals surface area contributed by atoms with Gasteiger partial charge in [0.05, 0.1) is 14.2 Å². The second-order valence-electron chi connectivity index (χ2n) is 8.66. The van der Waals surface area contributed by atoms with Gasteiger partial charge in [-0.1, -0.05) is 45.6 Å². The molecule has 0 bridgehead atoms. The highest BCUT2D eigenvalue weighted by molar-refractivity contribution is 7.88. The summed E-state index contributed by atoms with van der Waals surface area (Å²) in [6, 6.07) is 3.02. The second-order valence-corrected chi connectivity index (χ2v) is 10.2. The molecular formula is C23H37F3O7S. The highest BCUT2D eigenvalue weighted by atomic mass is 32.2. The molecule has 1 unspecified atom stereocenters. The van der Waals surface area contributed by atoms with Crippen molar-refractivity contribution in [3.63, 3.8) is 0 Å². The third-order valence-electron chi connectivity index (χ3n) is 4.48. The molecule has 0 spiro atoms. The first kappa shape index (κ1) is 31.8. The maximum atomic E-state index is 12.7. The van der Waals surface area contributed by atoms with Gasteiger partial charge in [-0.25, -0.2) is 0 Å². The lowest BCUT2D eigenvalue weighted by Gasteiger charge is -2.20. The van der Waals surface area contributed by atoms with Gasteiger partial charge in [0.15, 0.2) is 11.5 Å². The lowest BCUT2D eigenvalue weighted by Crippen LogP contribution is -2.28. The van der Waals surface area contributed by atoms with Crippen LogP contribution in [0.5, 0.6) is 17.2 Å². The van der Waals surface area contributed by atoms with Gasteiger partial charge in [-0.05, 0) is 39.2 Å². The van der Waals surface area contributed by atoms with E-state index in [4.69, 9.17) is 14.2 Å². The highest BCUT2D eigenvalue weighted by Crippen LogP contribution is 2.45.